The van der Waals surface area contributed by atoms with E-state index in [-0.39, 0.29) is 18.2 Å². The number of nitrogens with zero attached hydrogens (tertiary/aromatic N) is 1. The van der Waals surface area contributed by atoms with Crippen LogP contribution in [-0.2, 0) is 4.74 Å². The lowest BCUT2D eigenvalue weighted by Crippen LogP contribution is -2.38. The second kappa shape index (κ2) is 8.28. The van der Waals surface area contributed by atoms with Gasteiger partial charge < -0.3 is 19.7 Å². The third-order valence-corrected chi connectivity index (χ3v) is 5.03. The average Bonchev–Trinajstić information content (AvgIpc) is 2.60. The Kier molecular flexibility index (Phi) is 6.07. The normalized spacial score (nSPS) is 21.2. The quantitative estimate of drug-likeness (QED) is 0.799. The molecule has 25 heavy (non-hydrogen) atoms. The van der Waals surface area contributed by atoms with Gasteiger partial charge in [-0.1, -0.05) is 24.9 Å². The Balaban J connectivity index is 1.63. The number of unbranched alkanes of at least 4 members (excludes halogenated alkanes) is 1. The molecular weight excluding hydrogens is 340 g/mol. The van der Waals surface area contributed by atoms with E-state index in [1.54, 1.807) is 12.1 Å². The first-order valence-corrected chi connectivity index (χ1v) is 9.62. The van der Waals surface area contributed by atoms with Crippen LogP contribution in [0.25, 0.3) is 0 Å². The number of esters is 1. The Bertz CT molecular complexity index is 615. The number of likely N-dealkylation sites (tertiary alicyclic amines) is 1. The van der Waals surface area contributed by atoms with Crippen LogP contribution in [0, 0.1) is 0 Å². The third-order valence-electron chi connectivity index (χ3n) is 4.81. The number of benzene rings is 1. The van der Waals surface area contributed by atoms with Crippen molar-refractivity contribution in [2.24, 2.45) is 0 Å². The number of carbonyl (C=O) groups excluding carboxylic acids is 1. The molecule has 0 bridgehead atoms. The highest BCUT2D eigenvalue weighted by Crippen LogP contribution is 2.36. The molecule has 1 aromatic rings. The van der Waals surface area contributed by atoms with Gasteiger partial charge in [0.1, 0.15) is 17.8 Å². The number of anilines is 1. The molecule has 1 aromatic carbocycles. The summed E-state index contributed by atoms with van der Waals surface area (Å²) in [5.74, 6) is 0.204. The standard InChI is InChI=1S/C19H27ClN2O3/c1-3-4-7-22-8-5-15(6-9-22)25-19(23)16-10-14(20)11-17-18(16)24-13(2)12-21-17/h10-11,13,15,21H,3-9,12H2,1-2H3. The lowest BCUT2D eigenvalue weighted by molar-refractivity contribution is 0.0108. The van der Waals surface area contributed by atoms with E-state index in [0.29, 0.717) is 22.9 Å². The van der Waals surface area contributed by atoms with Crippen LogP contribution in [-0.4, -0.2) is 49.3 Å². The van der Waals surface area contributed by atoms with Crippen LogP contribution in [0.1, 0.15) is 49.9 Å². The lowest BCUT2D eigenvalue weighted by Gasteiger charge is -2.32. The van der Waals surface area contributed by atoms with E-state index in [1.807, 2.05) is 6.92 Å². The Morgan fingerprint density at radius 2 is 2.16 bits per heavy atom. The molecule has 0 saturated carbocycles. The number of halogens is 1. The Morgan fingerprint density at radius 3 is 2.88 bits per heavy atom. The molecule has 0 spiro atoms. The van der Waals surface area contributed by atoms with Crippen molar-refractivity contribution in [2.75, 3.05) is 31.5 Å². The predicted octanol–water partition coefficient (Wildman–Crippen LogP) is 3.95. The zero-order chi connectivity index (χ0) is 17.8. The minimum Gasteiger partial charge on any atom is -0.486 e. The first kappa shape index (κ1) is 18.3. The molecule has 1 unspecified atom stereocenters. The number of hydrogen-bond acceptors (Lipinski definition) is 5. The smallest absolute Gasteiger partial charge is 0.342 e. The number of fused-ring (bicyclic) bond motifs is 1. The molecule has 1 saturated heterocycles. The third kappa shape index (κ3) is 4.59. The fraction of sp³-hybridized carbons (Fsp3) is 0.632. The van der Waals surface area contributed by atoms with Crippen molar-refractivity contribution in [1.29, 1.82) is 0 Å². The highest BCUT2D eigenvalue weighted by atomic mass is 35.5. The van der Waals surface area contributed by atoms with Gasteiger partial charge in [0.2, 0.25) is 0 Å². The molecule has 0 amide bonds. The van der Waals surface area contributed by atoms with Gasteiger partial charge in [0, 0.05) is 18.1 Å². The molecule has 2 aliphatic heterocycles. The number of rotatable bonds is 5. The van der Waals surface area contributed by atoms with Gasteiger partial charge in [-0.15, -0.1) is 0 Å². The maximum Gasteiger partial charge on any atom is 0.342 e. The number of hydrogen-bond donors (Lipinski definition) is 1. The fourth-order valence-electron chi connectivity index (χ4n) is 3.35. The zero-order valence-electron chi connectivity index (χ0n) is 15.0. The van der Waals surface area contributed by atoms with Crippen LogP contribution in [0.15, 0.2) is 12.1 Å². The number of carbonyl (C=O) groups is 1. The second-order valence-electron chi connectivity index (χ2n) is 6.94. The molecule has 3 rings (SSSR count). The SMILES string of the molecule is CCCCN1CCC(OC(=O)c2cc(Cl)cc3c2OC(C)CN3)CC1. The molecular formula is C19H27ClN2O3. The van der Waals surface area contributed by atoms with E-state index in [0.717, 1.165) is 38.2 Å². The van der Waals surface area contributed by atoms with Crippen LogP contribution in [0.4, 0.5) is 5.69 Å². The lowest BCUT2D eigenvalue weighted by atomic mass is 10.1. The average molecular weight is 367 g/mol. The van der Waals surface area contributed by atoms with E-state index in [1.165, 1.54) is 12.8 Å². The molecule has 1 N–H and O–H groups in total. The minimum absolute atomic E-state index is 0.00188. The van der Waals surface area contributed by atoms with E-state index < -0.39 is 0 Å². The summed E-state index contributed by atoms with van der Waals surface area (Å²) in [7, 11) is 0. The topological polar surface area (TPSA) is 50.8 Å². The molecule has 6 heteroatoms. The summed E-state index contributed by atoms with van der Waals surface area (Å²) in [4.78, 5) is 15.1. The van der Waals surface area contributed by atoms with Gasteiger partial charge in [0.25, 0.3) is 0 Å². The molecule has 5 nitrogen and oxygen atoms in total. The molecule has 2 heterocycles. The van der Waals surface area contributed by atoms with Gasteiger partial charge in [-0.2, -0.15) is 0 Å². The summed E-state index contributed by atoms with van der Waals surface area (Å²) < 4.78 is 11.6. The molecule has 0 aliphatic carbocycles. The van der Waals surface area contributed by atoms with Crippen LogP contribution in [0.5, 0.6) is 5.75 Å². The number of ether oxygens (including phenoxy) is 2. The molecule has 0 radical (unpaired) electrons. The maximum absolute atomic E-state index is 12.7. The van der Waals surface area contributed by atoms with Crippen molar-refractivity contribution in [3.8, 4) is 5.75 Å². The summed E-state index contributed by atoms with van der Waals surface area (Å²) >= 11 is 6.16. The molecule has 0 aromatic heterocycles. The van der Waals surface area contributed by atoms with Crippen LogP contribution in [0.2, 0.25) is 5.02 Å². The summed E-state index contributed by atoms with van der Waals surface area (Å²) in [5.41, 5.74) is 1.17. The maximum atomic E-state index is 12.7. The Morgan fingerprint density at radius 1 is 1.40 bits per heavy atom. The Hall–Kier alpha value is -1.46. The highest BCUT2D eigenvalue weighted by Gasteiger charge is 2.27. The van der Waals surface area contributed by atoms with Gasteiger partial charge in [-0.3, -0.25) is 0 Å². The first-order chi connectivity index (χ1) is 12.1. The Labute approximate surface area is 154 Å². The van der Waals surface area contributed by atoms with Crippen LogP contribution < -0.4 is 10.1 Å². The van der Waals surface area contributed by atoms with E-state index in [4.69, 9.17) is 21.1 Å². The molecule has 1 fully saturated rings. The van der Waals surface area contributed by atoms with Crippen molar-refractivity contribution in [2.45, 2.75) is 51.7 Å². The zero-order valence-corrected chi connectivity index (χ0v) is 15.8. The molecule has 138 valence electrons. The van der Waals surface area contributed by atoms with E-state index in [9.17, 15) is 4.79 Å². The van der Waals surface area contributed by atoms with Crippen molar-refractivity contribution in [3.05, 3.63) is 22.7 Å². The van der Waals surface area contributed by atoms with Crippen LogP contribution in [0.3, 0.4) is 0 Å². The second-order valence-corrected chi connectivity index (χ2v) is 7.38. The molecule has 1 atom stereocenters. The van der Waals surface area contributed by atoms with Gasteiger partial charge in [-0.25, -0.2) is 4.79 Å². The van der Waals surface area contributed by atoms with Crippen molar-refractivity contribution in [3.63, 3.8) is 0 Å². The van der Waals surface area contributed by atoms with E-state index in [2.05, 4.69) is 17.1 Å². The summed E-state index contributed by atoms with van der Waals surface area (Å²) in [6.07, 6.45) is 4.17. The van der Waals surface area contributed by atoms with Gasteiger partial charge in [-0.05, 0) is 44.9 Å². The van der Waals surface area contributed by atoms with Crippen LogP contribution >= 0.6 is 11.6 Å². The summed E-state index contributed by atoms with van der Waals surface area (Å²) in [6.45, 7) is 7.97. The largest absolute Gasteiger partial charge is 0.486 e. The summed E-state index contributed by atoms with van der Waals surface area (Å²) in [5, 5.41) is 3.76. The first-order valence-electron chi connectivity index (χ1n) is 9.24. The number of piperidine rings is 1. The molecule has 2 aliphatic rings. The van der Waals surface area contributed by atoms with Gasteiger partial charge >= 0.3 is 5.97 Å². The van der Waals surface area contributed by atoms with Gasteiger partial charge in [0.05, 0.1) is 12.2 Å². The predicted molar refractivity (Wildman–Crippen MR) is 99.8 cm³/mol. The monoisotopic (exact) mass is 366 g/mol. The van der Waals surface area contributed by atoms with Gasteiger partial charge in [0.15, 0.2) is 5.75 Å². The fourth-order valence-corrected chi connectivity index (χ4v) is 3.57. The van der Waals surface area contributed by atoms with Crippen molar-refractivity contribution in [1.82, 2.24) is 4.90 Å². The van der Waals surface area contributed by atoms with E-state index >= 15 is 0 Å². The number of nitrogens with one attached hydrogen (secondary N) is 1. The van der Waals surface area contributed by atoms with Crippen molar-refractivity contribution < 1.29 is 14.3 Å². The van der Waals surface area contributed by atoms with Crippen molar-refractivity contribution >= 4 is 23.3 Å². The summed E-state index contributed by atoms with van der Waals surface area (Å²) in [6, 6.07) is 3.42. The minimum atomic E-state index is -0.346. The highest BCUT2D eigenvalue weighted by molar-refractivity contribution is 6.31.